The Bertz CT molecular complexity index is 636. The number of benzene rings is 1. The van der Waals surface area contributed by atoms with E-state index in [1.54, 1.807) is 11.3 Å². The summed E-state index contributed by atoms with van der Waals surface area (Å²) in [6.45, 7) is 3.70. The summed E-state index contributed by atoms with van der Waals surface area (Å²) in [6.07, 6.45) is 1.84. The highest BCUT2D eigenvalue weighted by molar-refractivity contribution is 7.80. The van der Waals surface area contributed by atoms with Gasteiger partial charge in [-0.05, 0) is 18.2 Å². The third kappa shape index (κ3) is 3.12. The highest BCUT2D eigenvalue weighted by atomic mass is 35.5. The van der Waals surface area contributed by atoms with Gasteiger partial charge in [-0.2, -0.15) is 0 Å². The molecule has 0 unspecified atom stereocenters. The first-order chi connectivity index (χ1) is 10.1. The quantitative estimate of drug-likeness (QED) is 0.872. The van der Waals surface area contributed by atoms with Gasteiger partial charge in [-0.25, -0.2) is 4.98 Å². The van der Waals surface area contributed by atoms with Crippen molar-refractivity contribution in [3.8, 4) is 0 Å². The number of hydrogen-bond acceptors (Lipinski definition) is 5. The molecule has 2 N–H and O–H groups in total. The van der Waals surface area contributed by atoms with Crippen molar-refractivity contribution in [3.05, 3.63) is 40.4 Å². The van der Waals surface area contributed by atoms with E-state index in [0.29, 0.717) is 10.0 Å². The Kier molecular flexibility index (Phi) is 4.28. The molecule has 2 aromatic rings. The van der Waals surface area contributed by atoms with Crippen LogP contribution in [0.25, 0.3) is 0 Å². The predicted molar refractivity (Wildman–Crippen MR) is 93.9 cm³/mol. The van der Waals surface area contributed by atoms with Gasteiger partial charge in [0.05, 0.1) is 0 Å². The fourth-order valence-corrected chi connectivity index (χ4v) is 3.52. The van der Waals surface area contributed by atoms with Crippen molar-refractivity contribution in [2.45, 2.75) is 0 Å². The van der Waals surface area contributed by atoms with E-state index in [4.69, 9.17) is 29.6 Å². The average Bonchev–Trinajstić information content (AvgIpc) is 3.01. The molecule has 0 spiro atoms. The zero-order valence-corrected chi connectivity index (χ0v) is 13.7. The highest BCUT2D eigenvalue weighted by Gasteiger charge is 2.21. The summed E-state index contributed by atoms with van der Waals surface area (Å²) in [6, 6.07) is 5.72. The van der Waals surface area contributed by atoms with Crippen molar-refractivity contribution < 1.29 is 0 Å². The van der Waals surface area contributed by atoms with Gasteiger partial charge in [-0.15, -0.1) is 11.3 Å². The van der Waals surface area contributed by atoms with Gasteiger partial charge in [0.1, 0.15) is 4.99 Å². The largest absolute Gasteiger partial charge is 0.389 e. The summed E-state index contributed by atoms with van der Waals surface area (Å²) < 4.78 is 0. The van der Waals surface area contributed by atoms with E-state index in [2.05, 4.69) is 14.8 Å². The van der Waals surface area contributed by atoms with Crippen molar-refractivity contribution in [1.29, 1.82) is 0 Å². The standard InChI is InChI=1S/C14H15ClN4S2/c15-10-1-2-12(11(9-10)13(16)20)18-4-6-19(7-5-18)14-17-3-8-21-14/h1-3,8-9H,4-7H2,(H2,16,20). The van der Waals surface area contributed by atoms with Crippen LogP contribution in [0.5, 0.6) is 0 Å². The van der Waals surface area contributed by atoms with Crippen LogP contribution in [0, 0.1) is 0 Å². The van der Waals surface area contributed by atoms with Crippen molar-refractivity contribution in [3.63, 3.8) is 0 Å². The monoisotopic (exact) mass is 338 g/mol. The molecule has 7 heteroatoms. The van der Waals surface area contributed by atoms with Gasteiger partial charge in [-0.1, -0.05) is 23.8 Å². The molecule has 1 aliphatic rings. The second-order valence-corrected chi connectivity index (χ2v) is 6.56. The summed E-state index contributed by atoms with van der Waals surface area (Å²) in [5.74, 6) is 0. The van der Waals surface area contributed by atoms with Crippen molar-refractivity contribution in [2.75, 3.05) is 36.0 Å². The summed E-state index contributed by atoms with van der Waals surface area (Å²) in [5, 5.41) is 3.74. The van der Waals surface area contributed by atoms with E-state index in [9.17, 15) is 0 Å². The summed E-state index contributed by atoms with van der Waals surface area (Å²) in [4.78, 5) is 9.35. The maximum absolute atomic E-state index is 6.04. The van der Waals surface area contributed by atoms with Crippen LogP contribution in [0.1, 0.15) is 5.56 Å². The average molecular weight is 339 g/mol. The molecule has 0 saturated carbocycles. The number of thiocarbonyl (C=S) groups is 1. The molecule has 1 fully saturated rings. The molecule has 4 nitrogen and oxygen atoms in total. The Balaban J connectivity index is 1.76. The van der Waals surface area contributed by atoms with Gasteiger partial charge in [0, 0.05) is 54.0 Å². The summed E-state index contributed by atoms with van der Waals surface area (Å²) in [5.41, 5.74) is 7.73. The van der Waals surface area contributed by atoms with Gasteiger partial charge >= 0.3 is 0 Å². The first-order valence-corrected chi connectivity index (χ1v) is 8.30. The number of aromatic nitrogens is 1. The lowest BCUT2D eigenvalue weighted by atomic mass is 10.1. The molecule has 1 aromatic heterocycles. The van der Waals surface area contributed by atoms with Crippen LogP contribution in [0.2, 0.25) is 5.02 Å². The Labute approximate surface area is 138 Å². The fourth-order valence-electron chi connectivity index (χ4n) is 2.49. The number of nitrogens with zero attached hydrogens (tertiary/aromatic N) is 3. The van der Waals surface area contributed by atoms with Crippen LogP contribution >= 0.6 is 35.2 Å². The molecule has 0 atom stereocenters. The topological polar surface area (TPSA) is 45.4 Å². The number of rotatable bonds is 3. The van der Waals surface area contributed by atoms with Gasteiger partial charge in [0.25, 0.3) is 0 Å². The molecule has 21 heavy (non-hydrogen) atoms. The Hall–Kier alpha value is -1.37. The van der Waals surface area contributed by atoms with E-state index in [1.165, 1.54) is 0 Å². The van der Waals surface area contributed by atoms with E-state index < -0.39 is 0 Å². The van der Waals surface area contributed by atoms with Crippen LogP contribution in [0.3, 0.4) is 0 Å². The maximum atomic E-state index is 6.04. The number of piperazine rings is 1. The predicted octanol–water partition coefficient (Wildman–Crippen LogP) is 2.76. The van der Waals surface area contributed by atoms with Gasteiger partial charge < -0.3 is 15.5 Å². The van der Waals surface area contributed by atoms with Crippen molar-refractivity contribution in [2.24, 2.45) is 5.73 Å². The van der Waals surface area contributed by atoms with Crippen LogP contribution in [-0.2, 0) is 0 Å². The highest BCUT2D eigenvalue weighted by Crippen LogP contribution is 2.27. The number of nitrogens with two attached hydrogens (primary N) is 1. The zero-order chi connectivity index (χ0) is 14.8. The van der Waals surface area contributed by atoms with E-state index in [0.717, 1.165) is 42.6 Å². The molecule has 110 valence electrons. The number of halogens is 1. The summed E-state index contributed by atoms with van der Waals surface area (Å²) in [7, 11) is 0. The Morgan fingerprint density at radius 2 is 1.95 bits per heavy atom. The molecular weight excluding hydrogens is 324 g/mol. The second-order valence-electron chi connectivity index (χ2n) is 4.81. The second kappa shape index (κ2) is 6.17. The molecule has 1 aliphatic heterocycles. The third-order valence-corrected chi connectivity index (χ3v) is 4.82. The molecule has 2 heterocycles. The first kappa shape index (κ1) is 14.6. The molecule has 1 aromatic carbocycles. The van der Waals surface area contributed by atoms with E-state index >= 15 is 0 Å². The van der Waals surface area contributed by atoms with Crippen LogP contribution in [-0.4, -0.2) is 36.2 Å². The zero-order valence-electron chi connectivity index (χ0n) is 11.3. The van der Waals surface area contributed by atoms with E-state index in [1.807, 2.05) is 29.8 Å². The van der Waals surface area contributed by atoms with Gasteiger partial charge in [-0.3, -0.25) is 0 Å². The van der Waals surface area contributed by atoms with Crippen LogP contribution in [0.15, 0.2) is 29.8 Å². The number of thiazole rings is 1. The molecular formula is C14H15ClN4S2. The van der Waals surface area contributed by atoms with Gasteiger partial charge in [0.2, 0.25) is 0 Å². The number of hydrogen-bond donors (Lipinski definition) is 1. The molecule has 0 amide bonds. The smallest absolute Gasteiger partial charge is 0.185 e. The molecule has 0 bridgehead atoms. The molecule has 3 rings (SSSR count). The minimum absolute atomic E-state index is 0.384. The molecule has 1 saturated heterocycles. The van der Waals surface area contributed by atoms with Crippen molar-refractivity contribution >= 4 is 51.0 Å². The molecule has 0 radical (unpaired) electrons. The van der Waals surface area contributed by atoms with Crippen LogP contribution in [0.4, 0.5) is 10.8 Å². The summed E-state index contributed by atoms with van der Waals surface area (Å²) >= 11 is 12.9. The first-order valence-electron chi connectivity index (χ1n) is 6.64. The maximum Gasteiger partial charge on any atom is 0.185 e. The normalized spacial score (nSPS) is 15.3. The Morgan fingerprint density at radius 3 is 2.57 bits per heavy atom. The minimum atomic E-state index is 0.384. The van der Waals surface area contributed by atoms with E-state index in [-0.39, 0.29) is 0 Å². The molecule has 0 aliphatic carbocycles. The lowest BCUT2D eigenvalue weighted by Gasteiger charge is -2.36. The minimum Gasteiger partial charge on any atom is -0.389 e. The van der Waals surface area contributed by atoms with Crippen LogP contribution < -0.4 is 15.5 Å². The third-order valence-electron chi connectivity index (χ3n) is 3.53. The fraction of sp³-hybridized carbons (Fsp3) is 0.286. The lowest BCUT2D eigenvalue weighted by Crippen LogP contribution is -2.47. The van der Waals surface area contributed by atoms with Crippen molar-refractivity contribution in [1.82, 2.24) is 4.98 Å². The number of anilines is 2. The Morgan fingerprint density at radius 1 is 1.24 bits per heavy atom. The van der Waals surface area contributed by atoms with Gasteiger partial charge in [0.15, 0.2) is 5.13 Å². The SMILES string of the molecule is NC(=S)c1cc(Cl)ccc1N1CCN(c2nccs2)CC1. The lowest BCUT2D eigenvalue weighted by molar-refractivity contribution is 0.652.